The first kappa shape index (κ1) is 21.2. The van der Waals surface area contributed by atoms with Crippen LogP contribution in [0.2, 0.25) is 0 Å². The lowest BCUT2D eigenvalue weighted by Crippen LogP contribution is -2.25. The molecule has 0 aliphatic carbocycles. The molecule has 0 aliphatic heterocycles. The second-order valence-electron chi connectivity index (χ2n) is 6.03. The highest BCUT2D eigenvalue weighted by Gasteiger charge is 2.05. The Bertz CT molecular complexity index is 671. The number of benzene rings is 1. The normalized spacial score (nSPS) is 11.8. The highest BCUT2D eigenvalue weighted by atomic mass is 16.4. The van der Waals surface area contributed by atoms with E-state index in [0.29, 0.717) is 0 Å². The van der Waals surface area contributed by atoms with E-state index in [1.807, 2.05) is 12.2 Å². The maximum Gasteiger partial charge on any atom is 0.346 e. The van der Waals surface area contributed by atoms with Crippen molar-refractivity contribution < 1.29 is 9.90 Å². The molecule has 0 aromatic heterocycles. The number of nitriles is 1. The summed E-state index contributed by atoms with van der Waals surface area (Å²) in [7, 11) is 0. The number of carboxylic acid groups (broad SMARTS) is 1. The lowest BCUT2D eigenvalue weighted by Gasteiger charge is -2.24. The molecule has 0 radical (unpaired) electrons. The van der Waals surface area contributed by atoms with E-state index < -0.39 is 5.97 Å². The number of carboxylic acids is 1. The van der Waals surface area contributed by atoms with E-state index in [2.05, 4.69) is 43.0 Å². The van der Waals surface area contributed by atoms with Crippen LogP contribution >= 0.6 is 0 Å². The Morgan fingerprint density at radius 3 is 2.19 bits per heavy atom. The van der Waals surface area contributed by atoms with Gasteiger partial charge < -0.3 is 10.0 Å². The molecule has 138 valence electrons. The van der Waals surface area contributed by atoms with Crippen LogP contribution < -0.4 is 4.90 Å². The molecule has 1 N–H and O–H groups in total. The minimum Gasteiger partial charge on any atom is -0.477 e. The third-order valence-corrected chi connectivity index (χ3v) is 3.95. The summed E-state index contributed by atoms with van der Waals surface area (Å²) >= 11 is 0. The van der Waals surface area contributed by atoms with Gasteiger partial charge in [0.15, 0.2) is 0 Å². The molecule has 0 atom stereocenters. The first-order chi connectivity index (χ1) is 12.6. The van der Waals surface area contributed by atoms with Gasteiger partial charge in [-0.1, -0.05) is 63.1 Å². The van der Waals surface area contributed by atoms with Crippen molar-refractivity contribution in [2.75, 3.05) is 18.0 Å². The van der Waals surface area contributed by atoms with Crippen molar-refractivity contribution >= 4 is 17.7 Å². The van der Waals surface area contributed by atoms with E-state index in [-0.39, 0.29) is 5.57 Å². The fourth-order valence-corrected chi connectivity index (χ4v) is 2.40. The lowest BCUT2D eigenvalue weighted by molar-refractivity contribution is -0.132. The van der Waals surface area contributed by atoms with Crippen LogP contribution in [0.15, 0.2) is 54.1 Å². The topological polar surface area (TPSA) is 64.3 Å². The van der Waals surface area contributed by atoms with Gasteiger partial charge in [-0.15, -0.1) is 0 Å². The Labute approximate surface area is 156 Å². The summed E-state index contributed by atoms with van der Waals surface area (Å²) in [5, 5.41) is 17.4. The van der Waals surface area contributed by atoms with Crippen molar-refractivity contribution in [1.29, 1.82) is 5.26 Å². The third kappa shape index (κ3) is 7.85. The molecule has 0 amide bonds. The average Bonchev–Trinajstić information content (AvgIpc) is 2.65. The number of hydrogen-bond acceptors (Lipinski definition) is 3. The largest absolute Gasteiger partial charge is 0.477 e. The van der Waals surface area contributed by atoms with Gasteiger partial charge in [-0.2, -0.15) is 5.26 Å². The number of hydrogen-bond donors (Lipinski definition) is 1. The van der Waals surface area contributed by atoms with Crippen molar-refractivity contribution in [3.8, 4) is 6.07 Å². The second kappa shape index (κ2) is 12.5. The molecule has 0 saturated carbocycles. The van der Waals surface area contributed by atoms with Gasteiger partial charge in [0.25, 0.3) is 0 Å². The summed E-state index contributed by atoms with van der Waals surface area (Å²) in [6, 6.07) is 10.1. The first-order valence-corrected chi connectivity index (χ1v) is 9.15. The molecule has 1 aromatic carbocycles. The van der Waals surface area contributed by atoms with Crippen LogP contribution in [0.25, 0.3) is 6.08 Å². The van der Waals surface area contributed by atoms with Gasteiger partial charge in [0.1, 0.15) is 11.6 Å². The van der Waals surface area contributed by atoms with Crippen LogP contribution in [0, 0.1) is 11.3 Å². The van der Waals surface area contributed by atoms with E-state index in [1.54, 1.807) is 18.2 Å². The fourth-order valence-electron chi connectivity index (χ4n) is 2.40. The first-order valence-electron chi connectivity index (χ1n) is 9.15. The minimum absolute atomic E-state index is 0.279. The monoisotopic (exact) mass is 352 g/mol. The van der Waals surface area contributed by atoms with Crippen LogP contribution in [0.1, 0.15) is 45.1 Å². The predicted octanol–water partition coefficient (Wildman–Crippen LogP) is 5.20. The summed E-state index contributed by atoms with van der Waals surface area (Å²) < 4.78 is 0. The van der Waals surface area contributed by atoms with Gasteiger partial charge in [0.05, 0.1) is 0 Å². The second-order valence-corrected chi connectivity index (χ2v) is 6.03. The zero-order valence-corrected chi connectivity index (χ0v) is 15.7. The third-order valence-electron chi connectivity index (χ3n) is 3.95. The maximum absolute atomic E-state index is 10.7. The number of unbranched alkanes of at least 4 members (excludes halogenated alkanes) is 2. The molecule has 1 rings (SSSR count). The Hall–Kier alpha value is -2.80. The van der Waals surface area contributed by atoms with E-state index in [1.165, 1.54) is 37.4 Å². The molecule has 0 heterocycles. The van der Waals surface area contributed by atoms with Crippen molar-refractivity contribution in [3.05, 3.63) is 59.7 Å². The van der Waals surface area contributed by atoms with Crippen molar-refractivity contribution in [1.82, 2.24) is 0 Å². The molecule has 4 nitrogen and oxygen atoms in total. The molecule has 0 bridgehead atoms. The summed E-state index contributed by atoms with van der Waals surface area (Å²) in [5.74, 6) is -1.22. The number of carbonyl (C=O) groups is 1. The Morgan fingerprint density at radius 2 is 1.69 bits per heavy atom. The number of nitrogens with zero attached hydrogens (tertiary/aromatic N) is 2. The van der Waals surface area contributed by atoms with Gasteiger partial charge in [-0.3, -0.25) is 0 Å². The van der Waals surface area contributed by atoms with Crippen LogP contribution in [-0.4, -0.2) is 24.2 Å². The van der Waals surface area contributed by atoms with Crippen LogP contribution in [0.5, 0.6) is 0 Å². The molecule has 0 spiro atoms. The van der Waals surface area contributed by atoms with Crippen molar-refractivity contribution in [2.45, 2.75) is 39.5 Å². The Balaban J connectivity index is 2.70. The number of anilines is 1. The van der Waals surface area contributed by atoms with Crippen LogP contribution in [0.4, 0.5) is 5.69 Å². The minimum atomic E-state index is -1.22. The molecule has 0 fully saturated rings. The standard InChI is InChI=1S/C22H28N2O2/c1-3-5-16-24(17-6-4-2)21-14-12-19(13-15-21)10-8-7-9-11-20(18-23)22(25)26/h7-15H,3-6,16-17H2,1-2H3,(H,25,26). The summed E-state index contributed by atoms with van der Waals surface area (Å²) in [5.41, 5.74) is 2.05. The zero-order chi connectivity index (χ0) is 19.2. The molecule has 0 unspecified atom stereocenters. The average molecular weight is 352 g/mol. The van der Waals surface area contributed by atoms with Gasteiger partial charge in [0.2, 0.25) is 0 Å². The summed E-state index contributed by atoms with van der Waals surface area (Å²) in [4.78, 5) is 13.1. The predicted molar refractivity (Wildman–Crippen MR) is 108 cm³/mol. The number of allylic oxidation sites excluding steroid dienone is 4. The molecule has 1 aromatic rings. The van der Waals surface area contributed by atoms with Gasteiger partial charge >= 0.3 is 5.97 Å². The van der Waals surface area contributed by atoms with Crippen molar-refractivity contribution in [2.24, 2.45) is 0 Å². The molecular formula is C22H28N2O2. The molecule has 0 aliphatic rings. The SMILES string of the molecule is CCCCN(CCCC)c1ccc(C=CC=CC=C(C#N)C(=O)O)cc1. The zero-order valence-electron chi connectivity index (χ0n) is 15.7. The van der Waals surface area contributed by atoms with E-state index in [4.69, 9.17) is 10.4 Å². The lowest BCUT2D eigenvalue weighted by atomic mass is 10.1. The summed E-state index contributed by atoms with van der Waals surface area (Å²) in [6.07, 6.45) is 13.1. The molecule has 4 heteroatoms. The number of rotatable bonds is 11. The van der Waals surface area contributed by atoms with E-state index in [9.17, 15) is 4.79 Å². The quantitative estimate of drug-likeness (QED) is 0.338. The smallest absolute Gasteiger partial charge is 0.346 e. The molecular weight excluding hydrogens is 324 g/mol. The Kier molecular flexibility index (Phi) is 10.3. The maximum atomic E-state index is 10.7. The van der Waals surface area contributed by atoms with Crippen LogP contribution in [-0.2, 0) is 4.79 Å². The van der Waals surface area contributed by atoms with Crippen molar-refractivity contribution in [3.63, 3.8) is 0 Å². The highest BCUT2D eigenvalue weighted by Crippen LogP contribution is 2.17. The number of aliphatic carboxylic acids is 1. The Morgan fingerprint density at radius 1 is 1.08 bits per heavy atom. The van der Waals surface area contributed by atoms with Gasteiger partial charge in [0, 0.05) is 18.8 Å². The van der Waals surface area contributed by atoms with Gasteiger partial charge in [-0.05, 0) is 36.6 Å². The highest BCUT2D eigenvalue weighted by molar-refractivity contribution is 5.91. The van der Waals surface area contributed by atoms with Crippen LogP contribution in [0.3, 0.4) is 0 Å². The fraction of sp³-hybridized carbons (Fsp3) is 0.364. The van der Waals surface area contributed by atoms with Gasteiger partial charge in [-0.25, -0.2) is 4.79 Å². The summed E-state index contributed by atoms with van der Waals surface area (Å²) in [6.45, 7) is 6.60. The molecule has 0 saturated heterocycles. The molecule has 26 heavy (non-hydrogen) atoms. The van der Waals surface area contributed by atoms with E-state index in [0.717, 1.165) is 18.7 Å². The van der Waals surface area contributed by atoms with E-state index >= 15 is 0 Å².